The Kier molecular flexibility index (Phi) is 5.85. The lowest BCUT2D eigenvalue weighted by Crippen LogP contribution is -2.44. The Balaban J connectivity index is 1.69. The van der Waals surface area contributed by atoms with Gasteiger partial charge in [-0.25, -0.2) is 0 Å². The molecule has 6 heteroatoms. The minimum Gasteiger partial charge on any atom is -0.375 e. The first-order valence-electron chi connectivity index (χ1n) is 8.57. The number of hydrogen-bond donors (Lipinski definition) is 1. The summed E-state index contributed by atoms with van der Waals surface area (Å²) in [6.07, 6.45) is 1.89. The molecule has 0 saturated carbocycles. The number of nitrogens with zero attached hydrogens (tertiary/aromatic N) is 1. The topological polar surface area (TPSA) is 58.6 Å². The molecule has 1 saturated heterocycles. The van der Waals surface area contributed by atoms with Crippen molar-refractivity contribution in [1.29, 1.82) is 0 Å². The van der Waals surface area contributed by atoms with Crippen LogP contribution in [0.15, 0.2) is 47.4 Å². The summed E-state index contributed by atoms with van der Waals surface area (Å²) in [6.45, 7) is 5.45. The van der Waals surface area contributed by atoms with Gasteiger partial charge in [0.25, 0.3) is 11.8 Å². The maximum absolute atomic E-state index is 12.7. The number of rotatable bonds is 4. The quantitative estimate of drug-likeness (QED) is 0.836. The van der Waals surface area contributed by atoms with Crippen molar-refractivity contribution in [3.05, 3.63) is 57.8 Å². The van der Waals surface area contributed by atoms with Gasteiger partial charge in [-0.15, -0.1) is 11.3 Å². The van der Waals surface area contributed by atoms with Crippen molar-refractivity contribution in [3.63, 3.8) is 0 Å². The zero-order valence-corrected chi connectivity index (χ0v) is 15.7. The molecule has 1 N–H and O–H groups in total. The van der Waals surface area contributed by atoms with Crippen LogP contribution in [-0.2, 0) is 9.53 Å². The van der Waals surface area contributed by atoms with Gasteiger partial charge in [0.1, 0.15) is 0 Å². The molecule has 1 aromatic carbocycles. The van der Waals surface area contributed by atoms with Gasteiger partial charge in [0.2, 0.25) is 0 Å². The van der Waals surface area contributed by atoms with E-state index in [0.717, 1.165) is 4.88 Å². The molecule has 1 aliphatic heterocycles. The van der Waals surface area contributed by atoms with Crippen LogP contribution in [0, 0.1) is 0 Å². The molecular formula is C20H22N2O3S. The smallest absolute Gasteiger partial charge is 0.254 e. The number of carbonyl (C=O) groups excluding carboxylic acids is 2. The largest absolute Gasteiger partial charge is 0.375 e. The van der Waals surface area contributed by atoms with Gasteiger partial charge in [-0.1, -0.05) is 12.1 Å². The average molecular weight is 370 g/mol. The van der Waals surface area contributed by atoms with Gasteiger partial charge in [-0.2, -0.15) is 0 Å². The van der Waals surface area contributed by atoms with Crippen LogP contribution in [0.2, 0.25) is 0 Å². The highest BCUT2D eigenvalue weighted by molar-refractivity contribution is 7.10. The van der Waals surface area contributed by atoms with E-state index in [1.165, 1.54) is 0 Å². The monoisotopic (exact) mass is 370 g/mol. The van der Waals surface area contributed by atoms with Crippen molar-refractivity contribution < 1.29 is 14.3 Å². The minimum absolute atomic E-state index is 0.0397. The highest BCUT2D eigenvalue weighted by Crippen LogP contribution is 2.17. The number of benzene rings is 1. The molecule has 1 aromatic heterocycles. The Hall–Kier alpha value is -2.44. The molecule has 2 aromatic rings. The van der Waals surface area contributed by atoms with Crippen molar-refractivity contribution in [3.8, 4) is 0 Å². The molecule has 1 aliphatic rings. The third-order valence-corrected chi connectivity index (χ3v) is 4.98. The zero-order chi connectivity index (χ0) is 18.5. The van der Waals surface area contributed by atoms with Gasteiger partial charge in [-0.3, -0.25) is 9.59 Å². The molecule has 5 nitrogen and oxygen atoms in total. The molecule has 136 valence electrons. The summed E-state index contributed by atoms with van der Waals surface area (Å²) in [7, 11) is 0. The predicted octanol–water partition coefficient (Wildman–Crippen LogP) is 3.65. The Morgan fingerprint density at radius 2 is 2.15 bits per heavy atom. The van der Waals surface area contributed by atoms with Crippen LogP contribution in [0.25, 0.3) is 6.08 Å². The van der Waals surface area contributed by atoms with E-state index in [-0.39, 0.29) is 17.9 Å². The summed E-state index contributed by atoms with van der Waals surface area (Å²) < 4.78 is 5.48. The summed E-state index contributed by atoms with van der Waals surface area (Å²) in [4.78, 5) is 27.9. The number of hydrogen-bond acceptors (Lipinski definition) is 4. The van der Waals surface area contributed by atoms with E-state index in [9.17, 15) is 9.59 Å². The fourth-order valence-corrected chi connectivity index (χ4v) is 3.51. The summed E-state index contributed by atoms with van der Waals surface area (Å²) in [5.41, 5.74) is 1.80. The van der Waals surface area contributed by atoms with E-state index in [4.69, 9.17) is 4.74 Å². The maximum atomic E-state index is 12.7. The normalized spacial score (nSPS) is 17.8. The zero-order valence-electron chi connectivity index (χ0n) is 14.9. The van der Waals surface area contributed by atoms with Crippen LogP contribution in [-0.4, -0.2) is 42.5 Å². The lowest BCUT2D eigenvalue weighted by atomic mass is 10.1. The number of carbonyl (C=O) groups is 2. The Labute approximate surface area is 157 Å². The molecule has 2 amide bonds. The van der Waals surface area contributed by atoms with Crippen LogP contribution >= 0.6 is 11.3 Å². The van der Waals surface area contributed by atoms with Crippen LogP contribution in [0.5, 0.6) is 0 Å². The SMILES string of the molecule is C/C(=C\c1cccs1)C(=O)Nc1cccc(C(=O)N2CCOC(C)C2)c1. The third-order valence-electron chi connectivity index (χ3n) is 4.16. The number of amides is 2. The van der Waals surface area contributed by atoms with Gasteiger partial charge in [0, 0.05) is 34.8 Å². The summed E-state index contributed by atoms with van der Waals surface area (Å²) >= 11 is 1.58. The third kappa shape index (κ3) is 4.59. The molecule has 1 unspecified atom stereocenters. The minimum atomic E-state index is -0.178. The summed E-state index contributed by atoms with van der Waals surface area (Å²) in [6, 6.07) is 11.0. The summed E-state index contributed by atoms with van der Waals surface area (Å²) in [5, 5.41) is 4.83. The molecule has 26 heavy (non-hydrogen) atoms. The lowest BCUT2D eigenvalue weighted by molar-refractivity contribution is -0.112. The van der Waals surface area contributed by atoms with Crippen molar-refractivity contribution in [1.82, 2.24) is 4.90 Å². The second-order valence-electron chi connectivity index (χ2n) is 6.31. The van der Waals surface area contributed by atoms with Crippen molar-refractivity contribution in [2.45, 2.75) is 20.0 Å². The van der Waals surface area contributed by atoms with Gasteiger partial charge in [-0.05, 0) is 49.6 Å². The molecule has 0 spiro atoms. The Morgan fingerprint density at radius 1 is 1.31 bits per heavy atom. The highest BCUT2D eigenvalue weighted by Gasteiger charge is 2.22. The molecular weight excluding hydrogens is 348 g/mol. The predicted molar refractivity (Wildman–Crippen MR) is 104 cm³/mol. The molecule has 2 heterocycles. The standard InChI is InChI=1S/C20H22N2O3S/c1-14(11-18-7-4-10-26-18)19(23)21-17-6-3-5-16(12-17)20(24)22-8-9-25-15(2)13-22/h3-7,10-12,15H,8-9,13H2,1-2H3,(H,21,23)/b14-11+. The molecule has 1 fully saturated rings. The first-order valence-corrected chi connectivity index (χ1v) is 9.45. The van der Waals surface area contributed by atoms with E-state index < -0.39 is 0 Å². The number of anilines is 1. The van der Waals surface area contributed by atoms with Crippen molar-refractivity contribution in [2.75, 3.05) is 25.0 Å². The number of nitrogens with one attached hydrogen (secondary N) is 1. The van der Waals surface area contributed by atoms with Gasteiger partial charge in [0.05, 0.1) is 12.7 Å². The highest BCUT2D eigenvalue weighted by atomic mass is 32.1. The van der Waals surface area contributed by atoms with E-state index in [1.807, 2.05) is 30.5 Å². The second kappa shape index (κ2) is 8.29. The van der Waals surface area contributed by atoms with Crippen LogP contribution < -0.4 is 5.32 Å². The number of morpholine rings is 1. The Bertz CT molecular complexity index is 814. The molecule has 0 aliphatic carbocycles. The van der Waals surface area contributed by atoms with Crippen molar-refractivity contribution in [2.24, 2.45) is 0 Å². The second-order valence-corrected chi connectivity index (χ2v) is 7.29. The maximum Gasteiger partial charge on any atom is 0.254 e. The van der Waals surface area contributed by atoms with E-state index in [1.54, 1.807) is 47.4 Å². The van der Waals surface area contributed by atoms with Crippen LogP contribution in [0.4, 0.5) is 5.69 Å². The van der Waals surface area contributed by atoms with Gasteiger partial charge in [0.15, 0.2) is 0 Å². The lowest BCUT2D eigenvalue weighted by Gasteiger charge is -2.31. The van der Waals surface area contributed by atoms with E-state index in [2.05, 4.69) is 5.32 Å². The molecule has 0 radical (unpaired) electrons. The van der Waals surface area contributed by atoms with E-state index >= 15 is 0 Å². The Morgan fingerprint density at radius 3 is 2.88 bits per heavy atom. The molecule has 3 rings (SSSR count). The number of ether oxygens (including phenoxy) is 1. The first-order chi connectivity index (χ1) is 12.5. The number of thiophene rings is 1. The van der Waals surface area contributed by atoms with E-state index in [0.29, 0.717) is 36.5 Å². The van der Waals surface area contributed by atoms with Gasteiger partial charge >= 0.3 is 0 Å². The van der Waals surface area contributed by atoms with Crippen LogP contribution in [0.3, 0.4) is 0 Å². The average Bonchev–Trinajstić information content (AvgIpc) is 3.14. The summed E-state index contributed by atoms with van der Waals surface area (Å²) in [5.74, 6) is -0.218. The molecule has 0 bridgehead atoms. The first kappa shape index (κ1) is 18.4. The van der Waals surface area contributed by atoms with Crippen LogP contribution in [0.1, 0.15) is 29.1 Å². The van der Waals surface area contributed by atoms with Gasteiger partial charge < -0.3 is 15.0 Å². The van der Waals surface area contributed by atoms with Crippen molar-refractivity contribution >= 4 is 34.9 Å². The fraction of sp³-hybridized carbons (Fsp3) is 0.300. The fourth-order valence-electron chi connectivity index (χ4n) is 2.80. The molecule has 1 atom stereocenters.